The highest BCUT2D eigenvalue weighted by molar-refractivity contribution is 5.81. The zero-order valence-corrected chi connectivity index (χ0v) is 13.4. The molecule has 1 aliphatic carbocycles. The molecule has 122 valence electrons. The number of carboxylic acid groups (broad SMARTS) is 1. The minimum atomic E-state index is -0.659. The molecule has 0 saturated heterocycles. The number of aromatic nitrogens is 2. The summed E-state index contributed by atoms with van der Waals surface area (Å²) in [4.78, 5) is 18.9. The molecule has 2 aromatic carbocycles. The van der Waals surface area contributed by atoms with Crippen LogP contribution in [0.3, 0.4) is 0 Å². The molecule has 24 heavy (non-hydrogen) atoms. The number of rotatable bonds is 3. The first-order valence-corrected chi connectivity index (χ1v) is 8.48. The van der Waals surface area contributed by atoms with Gasteiger partial charge in [-0.1, -0.05) is 43.2 Å². The number of nitrogens with zero attached hydrogens (tertiary/aromatic N) is 1. The molecule has 4 nitrogen and oxygen atoms in total. The molecule has 1 saturated carbocycles. The van der Waals surface area contributed by atoms with E-state index in [1.54, 1.807) is 6.33 Å². The van der Waals surface area contributed by atoms with E-state index in [0.717, 1.165) is 53.4 Å². The number of carboxylic acids is 1. The Bertz CT molecular complexity index is 867. The topological polar surface area (TPSA) is 66.0 Å². The lowest BCUT2D eigenvalue weighted by Crippen LogP contribution is -2.25. The highest BCUT2D eigenvalue weighted by Gasteiger charge is 2.31. The minimum absolute atomic E-state index is 0.139. The summed E-state index contributed by atoms with van der Waals surface area (Å²) in [6.45, 7) is 0. The number of aliphatic carboxylic acids is 1. The molecular formula is C20H20N2O2. The maximum atomic E-state index is 11.5. The van der Waals surface area contributed by atoms with Crippen LogP contribution in [0.2, 0.25) is 0 Å². The molecule has 1 aromatic heterocycles. The number of H-pyrrole nitrogens is 1. The quantitative estimate of drug-likeness (QED) is 0.742. The minimum Gasteiger partial charge on any atom is -0.481 e. The van der Waals surface area contributed by atoms with Crippen LogP contribution in [-0.4, -0.2) is 21.0 Å². The van der Waals surface area contributed by atoms with Gasteiger partial charge in [0.15, 0.2) is 0 Å². The predicted octanol–water partition coefficient (Wildman–Crippen LogP) is 4.59. The van der Waals surface area contributed by atoms with E-state index in [1.807, 2.05) is 6.07 Å². The van der Waals surface area contributed by atoms with Gasteiger partial charge in [0.2, 0.25) is 0 Å². The van der Waals surface area contributed by atoms with Gasteiger partial charge in [-0.3, -0.25) is 4.79 Å². The average Bonchev–Trinajstić information content (AvgIpc) is 3.09. The third-order valence-corrected chi connectivity index (χ3v) is 5.18. The zero-order valence-electron chi connectivity index (χ0n) is 13.4. The van der Waals surface area contributed by atoms with Crippen LogP contribution in [0.4, 0.5) is 0 Å². The number of hydrogen-bond acceptors (Lipinski definition) is 2. The van der Waals surface area contributed by atoms with Gasteiger partial charge in [-0.2, -0.15) is 0 Å². The summed E-state index contributed by atoms with van der Waals surface area (Å²) in [7, 11) is 0. The second-order valence-corrected chi connectivity index (χ2v) is 6.59. The highest BCUT2D eigenvalue weighted by Crippen LogP contribution is 2.38. The van der Waals surface area contributed by atoms with Crippen LogP contribution >= 0.6 is 0 Å². The molecule has 0 bridgehead atoms. The molecule has 4 heteroatoms. The van der Waals surface area contributed by atoms with Crippen molar-refractivity contribution < 1.29 is 9.90 Å². The number of aromatic amines is 1. The van der Waals surface area contributed by atoms with Crippen molar-refractivity contribution in [1.82, 2.24) is 9.97 Å². The Kier molecular flexibility index (Phi) is 3.81. The van der Waals surface area contributed by atoms with Gasteiger partial charge in [-0.05, 0) is 47.6 Å². The Morgan fingerprint density at radius 1 is 1.04 bits per heavy atom. The molecule has 4 rings (SSSR count). The van der Waals surface area contributed by atoms with Crippen molar-refractivity contribution in [1.29, 1.82) is 0 Å². The average molecular weight is 320 g/mol. The third kappa shape index (κ3) is 2.68. The van der Waals surface area contributed by atoms with Crippen molar-refractivity contribution in [3.63, 3.8) is 0 Å². The molecule has 3 aromatic rings. The smallest absolute Gasteiger partial charge is 0.307 e. The summed E-state index contributed by atoms with van der Waals surface area (Å²) in [5, 5.41) is 9.47. The van der Waals surface area contributed by atoms with Crippen molar-refractivity contribution in [2.24, 2.45) is 5.92 Å². The summed E-state index contributed by atoms with van der Waals surface area (Å²) in [5.74, 6) is -0.764. The normalized spacial score (nSPS) is 21.0. The van der Waals surface area contributed by atoms with Gasteiger partial charge in [0.25, 0.3) is 0 Å². The van der Waals surface area contributed by atoms with Crippen molar-refractivity contribution in [3.8, 4) is 11.1 Å². The Morgan fingerprint density at radius 2 is 1.79 bits per heavy atom. The second-order valence-electron chi connectivity index (χ2n) is 6.59. The Hall–Kier alpha value is -2.62. The fourth-order valence-electron chi connectivity index (χ4n) is 3.86. The fourth-order valence-corrected chi connectivity index (χ4v) is 3.86. The van der Waals surface area contributed by atoms with E-state index in [-0.39, 0.29) is 11.8 Å². The van der Waals surface area contributed by atoms with Crippen LogP contribution in [0.5, 0.6) is 0 Å². The maximum Gasteiger partial charge on any atom is 0.307 e. The third-order valence-electron chi connectivity index (χ3n) is 5.18. The van der Waals surface area contributed by atoms with Gasteiger partial charge in [-0.15, -0.1) is 0 Å². The van der Waals surface area contributed by atoms with E-state index in [0.29, 0.717) is 0 Å². The standard InChI is InChI=1S/C20H20N2O2/c23-20(24)17-4-2-1-3-16(17)14-7-5-13(6-8-14)15-9-10-18-19(11-15)22-12-21-18/h5-12,16-17H,1-4H2,(H,21,22)(H,23,24)/t16-,17?/m0/s1. The lowest BCUT2D eigenvalue weighted by atomic mass is 9.75. The van der Waals surface area contributed by atoms with Crippen molar-refractivity contribution in [3.05, 3.63) is 54.4 Å². The number of benzene rings is 2. The zero-order chi connectivity index (χ0) is 16.5. The number of carbonyl (C=O) groups is 1. The van der Waals surface area contributed by atoms with Gasteiger partial charge < -0.3 is 10.1 Å². The lowest BCUT2D eigenvalue weighted by molar-refractivity contribution is -0.143. The molecule has 0 radical (unpaired) electrons. The molecular weight excluding hydrogens is 300 g/mol. The van der Waals surface area contributed by atoms with Gasteiger partial charge in [0.05, 0.1) is 23.3 Å². The summed E-state index contributed by atoms with van der Waals surface area (Å²) in [5.41, 5.74) is 5.40. The molecule has 1 unspecified atom stereocenters. The van der Waals surface area contributed by atoms with Crippen LogP contribution in [0, 0.1) is 5.92 Å². The summed E-state index contributed by atoms with van der Waals surface area (Å²) in [6, 6.07) is 14.6. The van der Waals surface area contributed by atoms with E-state index in [9.17, 15) is 9.90 Å². The molecule has 0 aliphatic heterocycles. The van der Waals surface area contributed by atoms with Gasteiger partial charge in [-0.25, -0.2) is 4.98 Å². The van der Waals surface area contributed by atoms with Crippen LogP contribution in [-0.2, 0) is 4.79 Å². The van der Waals surface area contributed by atoms with Crippen LogP contribution < -0.4 is 0 Å². The molecule has 0 amide bonds. The second kappa shape index (κ2) is 6.11. The summed E-state index contributed by atoms with van der Waals surface area (Å²) in [6.07, 6.45) is 5.60. The summed E-state index contributed by atoms with van der Waals surface area (Å²) < 4.78 is 0. The van der Waals surface area contributed by atoms with Gasteiger partial charge in [0.1, 0.15) is 0 Å². The molecule has 1 aliphatic rings. The largest absolute Gasteiger partial charge is 0.481 e. The predicted molar refractivity (Wildman–Crippen MR) is 93.9 cm³/mol. The Balaban J connectivity index is 1.63. The van der Waals surface area contributed by atoms with E-state index < -0.39 is 5.97 Å². The Labute approximate surface area is 140 Å². The monoisotopic (exact) mass is 320 g/mol. The number of hydrogen-bond donors (Lipinski definition) is 2. The van der Waals surface area contributed by atoms with Crippen molar-refractivity contribution in [2.45, 2.75) is 31.6 Å². The number of fused-ring (bicyclic) bond motifs is 1. The molecule has 1 heterocycles. The number of nitrogens with one attached hydrogen (secondary N) is 1. The van der Waals surface area contributed by atoms with Crippen molar-refractivity contribution in [2.75, 3.05) is 0 Å². The molecule has 2 N–H and O–H groups in total. The fraction of sp³-hybridized carbons (Fsp3) is 0.300. The highest BCUT2D eigenvalue weighted by atomic mass is 16.4. The lowest BCUT2D eigenvalue weighted by Gasteiger charge is -2.29. The van der Waals surface area contributed by atoms with Gasteiger partial charge >= 0.3 is 5.97 Å². The Morgan fingerprint density at radius 3 is 2.58 bits per heavy atom. The summed E-state index contributed by atoms with van der Waals surface area (Å²) >= 11 is 0. The first-order chi connectivity index (χ1) is 11.7. The SMILES string of the molecule is O=C(O)C1CCCC[C@H]1c1ccc(-c2ccc3nc[nH]c3c2)cc1. The van der Waals surface area contributed by atoms with Crippen LogP contribution in [0.1, 0.15) is 37.2 Å². The van der Waals surface area contributed by atoms with Crippen molar-refractivity contribution >= 4 is 17.0 Å². The van der Waals surface area contributed by atoms with E-state index in [1.165, 1.54) is 0 Å². The molecule has 0 spiro atoms. The van der Waals surface area contributed by atoms with E-state index >= 15 is 0 Å². The first-order valence-electron chi connectivity index (χ1n) is 8.48. The van der Waals surface area contributed by atoms with Crippen LogP contribution in [0.15, 0.2) is 48.8 Å². The van der Waals surface area contributed by atoms with Gasteiger partial charge in [0, 0.05) is 0 Å². The van der Waals surface area contributed by atoms with E-state index in [2.05, 4.69) is 46.4 Å². The molecule has 2 atom stereocenters. The molecule has 1 fully saturated rings. The van der Waals surface area contributed by atoms with Crippen LogP contribution in [0.25, 0.3) is 22.2 Å². The van der Waals surface area contributed by atoms with E-state index in [4.69, 9.17) is 0 Å². The first kappa shape index (κ1) is 14.9. The maximum absolute atomic E-state index is 11.5. The number of imidazole rings is 1.